The van der Waals surface area contributed by atoms with Crippen molar-refractivity contribution < 1.29 is 0 Å². The van der Waals surface area contributed by atoms with E-state index in [1.807, 2.05) is 49.4 Å². The number of nitrogens with one attached hydrogen (secondary N) is 1. The average molecular weight is 303 g/mol. The van der Waals surface area contributed by atoms with Gasteiger partial charge in [-0.05, 0) is 37.3 Å². The van der Waals surface area contributed by atoms with Crippen LogP contribution in [0.3, 0.4) is 0 Å². The van der Waals surface area contributed by atoms with Crippen molar-refractivity contribution >= 4 is 45.5 Å². The summed E-state index contributed by atoms with van der Waals surface area (Å²) in [6, 6.07) is 15.5. The van der Waals surface area contributed by atoms with Gasteiger partial charge in [-0.3, -0.25) is 4.98 Å². The number of rotatable bonds is 2. The summed E-state index contributed by atoms with van der Waals surface area (Å²) in [5, 5.41) is 5.53. The predicted octanol–water partition coefficient (Wildman–Crippen LogP) is 5.59. The van der Waals surface area contributed by atoms with E-state index in [0.29, 0.717) is 10.0 Å². The summed E-state index contributed by atoms with van der Waals surface area (Å²) >= 11 is 12.0. The second-order valence-corrected chi connectivity index (χ2v) is 5.40. The summed E-state index contributed by atoms with van der Waals surface area (Å²) in [4.78, 5) is 4.52. The molecule has 3 rings (SSSR count). The standard InChI is InChI=1S/C16H12Cl2N2/c1-10-8-16(12-4-2-3-5-15(12)19-10)20-11-6-7-13(17)14(18)9-11/h2-9H,1H3,(H,19,20). The van der Waals surface area contributed by atoms with Gasteiger partial charge in [0.15, 0.2) is 0 Å². The van der Waals surface area contributed by atoms with Gasteiger partial charge in [0, 0.05) is 22.5 Å². The van der Waals surface area contributed by atoms with Crippen LogP contribution in [-0.2, 0) is 0 Å². The Balaban J connectivity index is 2.07. The molecule has 1 heterocycles. The maximum Gasteiger partial charge on any atom is 0.0726 e. The second kappa shape index (κ2) is 5.31. The molecule has 0 radical (unpaired) electrons. The molecule has 0 amide bonds. The first-order valence-electron chi connectivity index (χ1n) is 6.22. The first-order valence-corrected chi connectivity index (χ1v) is 6.97. The van der Waals surface area contributed by atoms with Gasteiger partial charge in [0.05, 0.1) is 15.6 Å². The Morgan fingerprint density at radius 1 is 0.950 bits per heavy atom. The first-order chi connectivity index (χ1) is 9.63. The van der Waals surface area contributed by atoms with Crippen LogP contribution in [-0.4, -0.2) is 4.98 Å². The molecular formula is C16H12Cl2N2. The highest BCUT2D eigenvalue weighted by molar-refractivity contribution is 6.42. The highest BCUT2D eigenvalue weighted by Crippen LogP contribution is 2.30. The molecule has 100 valence electrons. The Kier molecular flexibility index (Phi) is 3.51. The third-order valence-corrected chi connectivity index (χ3v) is 3.78. The van der Waals surface area contributed by atoms with Gasteiger partial charge in [-0.2, -0.15) is 0 Å². The van der Waals surface area contributed by atoms with E-state index in [9.17, 15) is 0 Å². The lowest BCUT2D eigenvalue weighted by atomic mass is 10.1. The minimum Gasteiger partial charge on any atom is -0.355 e. The molecule has 0 unspecified atom stereocenters. The second-order valence-electron chi connectivity index (χ2n) is 4.58. The van der Waals surface area contributed by atoms with Crippen molar-refractivity contribution in [1.29, 1.82) is 0 Å². The molecule has 0 saturated heterocycles. The zero-order valence-electron chi connectivity index (χ0n) is 10.8. The van der Waals surface area contributed by atoms with Gasteiger partial charge in [-0.25, -0.2) is 0 Å². The Morgan fingerprint density at radius 3 is 2.55 bits per heavy atom. The molecule has 2 nitrogen and oxygen atoms in total. The number of aryl methyl sites for hydroxylation is 1. The number of benzene rings is 2. The summed E-state index contributed by atoms with van der Waals surface area (Å²) in [5.74, 6) is 0. The summed E-state index contributed by atoms with van der Waals surface area (Å²) in [6.45, 7) is 1.98. The van der Waals surface area contributed by atoms with Gasteiger partial charge < -0.3 is 5.32 Å². The van der Waals surface area contributed by atoms with Crippen LogP contribution in [0.2, 0.25) is 10.0 Å². The Labute approximate surface area is 127 Å². The smallest absolute Gasteiger partial charge is 0.0726 e. The van der Waals surface area contributed by atoms with E-state index in [1.165, 1.54) is 0 Å². The van der Waals surface area contributed by atoms with Crippen LogP contribution in [0.4, 0.5) is 11.4 Å². The molecular weight excluding hydrogens is 291 g/mol. The van der Waals surface area contributed by atoms with Crippen molar-refractivity contribution in [2.75, 3.05) is 5.32 Å². The minimum absolute atomic E-state index is 0.534. The number of halogens is 2. The number of para-hydroxylation sites is 1. The van der Waals surface area contributed by atoms with Crippen LogP contribution in [0.5, 0.6) is 0 Å². The van der Waals surface area contributed by atoms with Gasteiger partial charge in [-0.15, -0.1) is 0 Å². The molecule has 2 aromatic carbocycles. The number of fused-ring (bicyclic) bond motifs is 1. The predicted molar refractivity (Wildman–Crippen MR) is 86.2 cm³/mol. The highest BCUT2D eigenvalue weighted by atomic mass is 35.5. The van der Waals surface area contributed by atoms with Crippen molar-refractivity contribution in [3.05, 3.63) is 64.3 Å². The molecule has 1 aromatic heterocycles. The van der Waals surface area contributed by atoms with E-state index in [1.54, 1.807) is 6.07 Å². The Bertz CT molecular complexity index is 785. The molecule has 4 heteroatoms. The number of aromatic nitrogens is 1. The fourth-order valence-electron chi connectivity index (χ4n) is 2.14. The Hall–Kier alpha value is -1.77. The third-order valence-electron chi connectivity index (χ3n) is 3.04. The van der Waals surface area contributed by atoms with Crippen LogP contribution in [0.25, 0.3) is 10.9 Å². The van der Waals surface area contributed by atoms with E-state index < -0.39 is 0 Å². The van der Waals surface area contributed by atoms with Crippen LogP contribution >= 0.6 is 23.2 Å². The number of anilines is 2. The highest BCUT2D eigenvalue weighted by Gasteiger charge is 2.05. The van der Waals surface area contributed by atoms with Gasteiger partial charge in [-0.1, -0.05) is 41.4 Å². The van der Waals surface area contributed by atoms with Gasteiger partial charge in [0.25, 0.3) is 0 Å². The zero-order valence-corrected chi connectivity index (χ0v) is 12.3. The van der Waals surface area contributed by atoms with Crippen molar-refractivity contribution in [3.8, 4) is 0 Å². The lowest BCUT2D eigenvalue weighted by Gasteiger charge is -2.11. The van der Waals surface area contributed by atoms with E-state index in [-0.39, 0.29) is 0 Å². The van der Waals surface area contributed by atoms with E-state index in [0.717, 1.165) is 28.0 Å². The van der Waals surface area contributed by atoms with Crippen molar-refractivity contribution in [1.82, 2.24) is 4.98 Å². The van der Waals surface area contributed by atoms with E-state index in [4.69, 9.17) is 23.2 Å². The van der Waals surface area contributed by atoms with Crippen LogP contribution in [0.15, 0.2) is 48.5 Å². The zero-order chi connectivity index (χ0) is 14.1. The van der Waals surface area contributed by atoms with Crippen LogP contribution in [0, 0.1) is 6.92 Å². The summed E-state index contributed by atoms with van der Waals surface area (Å²) < 4.78 is 0. The lowest BCUT2D eigenvalue weighted by Crippen LogP contribution is -1.94. The molecule has 1 N–H and O–H groups in total. The molecule has 20 heavy (non-hydrogen) atoms. The van der Waals surface area contributed by atoms with Gasteiger partial charge in [0.2, 0.25) is 0 Å². The molecule has 3 aromatic rings. The maximum absolute atomic E-state index is 6.05. The normalized spacial score (nSPS) is 10.8. The van der Waals surface area contributed by atoms with Crippen LogP contribution in [0.1, 0.15) is 5.69 Å². The molecule has 0 spiro atoms. The maximum atomic E-state index is 6.05. The average Bonchev–Trinajstić information content (AvgIpc) is 2.43. The quantitative estimate of drug-likeness (QED) is 0.667. The lowest BCUT2D eigenvalue weighted by molar-refractivity contribution is 1.25. The van der Waals surface area contributed by atoms with E-state index >= 15 is 0 Å². The Morgan fingerprint density at radius 2 is 1.75 bits per heavy atom. The molecule has 0 saturated carbocycles. The summed E-state index contributed by atoms with van der Waals surface area (Å²) in [7, 11) is 0. The summed E-state index contributed by atoms with van der Waals surface area (Å²) in [5.41, 5.74) is 3.84. The number of hydrogen-bond acceptors (Lipinski definition) is 2. The van der Waals surface area contributed by atoms with Crippen molar-refractivity contribution in [2.45, 2.75) is 6.92 Å². The largest absolute Gasteiger partial charge is 0.355 e. The van der Waals surface area contributed by atoms with E-state index in [2.05, 4.69) is 10.3 Å². The fraction of sp³-hybridized carbons (Fsp3) is 0.0625. The molecule has 0 atom stereocenters. The number of pyridine rings is 1. The third kappa shape index (κ3) is 2.58. The fourth-order valence-corrected chi connectivity index (χ4v) is 2.44. The van der Waals surface area contributed by atoms with Crippen LogP contribution < -0.4 is 5.32 Å². The molecule has 0 fully saturated rings. The molecule has 0 aliphatic heterocycles. The minimum atomic E-state index is 0.534. The van der Waals surface area contributed by atoms with Crippen molar-refractivity contribution in [2.24, 2.45) is 0 Å². The SMILES string of the molecule is Cc1cc(Nc2ccc(Cl)c(Cl)c2)c2ccccc2n1. The van der Waals surface area contributed by atoms with Gasteiger partial charge in [0.1, 0.15) is 0 Å². The topological polar surface area (TPSA) is 24.9 Å². The van der Waals surface area contributed by atoms with Gasteiger partial charge >= 0.3 is 0 Å². The molecule has 0 aliphatic rings. The number of hydrogen-bond donors (Lipinski definition) is 1. The number of nitrogens with zero attached hydrogens (tertiary/aromatic N) is 1. The first kappa shape index (κ1) is 13.2. The molecule has 0 aliphatic carbocycles. The summed E-state index contributed by atoms with van der Waals surface area (Å²) in [6.07, 6.45) is 0. The monoisotopic (exact) mass is 302 g/mol. The van der Waals surface area contributed by atoms with Crippen molar-refractivity contribution in [3.63, 3.8) is 0 Å². The molecule has 0 bridgehead atoms.